The summed E-state index contributed by atoms with van der Waals surface area (Å²) in [5.74, 6) is 0.813. The van der Waals surface area contributed by atoms with Gasteiger partial charge in [0.05, 0.1) is 23.7 Å². The number of rotatable bonds is 5. The highest BCUT2D eigenvalue weighted by atomic mass is 16.5. The number of azo groups is 1. The Morgan fingerprint density at radius 3 is 2.45 bits per heavy atom. The molecule has 0 aliphatic carbocycles. The van der Waals surface area contributed by atoms with E-state index >= 15 is 0 Å². The molecule has 3 aromatic carbocycles. The van der Waals surface area contributed by atoms with E-state index in [1.807, 2.05) is 86.6 Å². The first kappa shape index (κ1) is 18.6. The Bertz CT molecular complexity index is 1170. The number of para-hydroxylation sites is 1. The molecular weight excluding hydrogens is 360 g/mol. The maximum Gasteiger partial charge on any atom is 0.129 e. The quantitative estimate of drug-likeness (QED) is 0.309. The molecule has 0 spiro atoms. The third-order valence-corrected chi connectivity index (χ3v) is 4.49. The Morgan fingerprint density at radius 1 is 0.862 bits per heavy atom. The number of hydrogen-bond donors (Lipinski definition) is 1. The van der Waals surface area contributed by atoms with Gasteiger partial charge in [-0.15, -0.1) is 10.2 Å². The molecule has 1 aromatic heterocycles. The molecule has 5 heteroatoms. The van der Waals surface area contributed by atoms with Crippen molar-refractivity contribution < 1.29 is 4.74 Å². The van der Waals surface area contributed by atoms with Crippen molar-refractivity contribution in [2.45, 2.75) is 20.0 Å². The summed E-state index contributed by atoms with van der Waals surface area (Å²) in [5, 5.41) is 10.7. The summed E-state index contributed by atoms with van der Waals surface area (Å²) in [7, 11) is 0. The fourth-order valence-corrected chi connectivity index (χ4v) is 3.12. The summed E-state index contributed by atoms with van der Waals surface area (Å²) in [5.41, 5.74) is 9.95. The summed E-state index contributed by atoms with van der Waals surface area (Å²) in [4.78, 5) is 4.54. The molecular formula is C24H22N4O. The van der Waals surface area contributed by atoms with Crippen LogP contribution in [0.3, 0.4) is 0 Å². The second-order valence-electron chi connectivity index (χ2n) is 6.98. The molecule has 4 aromatic rings. The second kappa shape index (κ2) is 8.10. The van der Waals surface area contributed by atoms with Gasteiger partial charge in [0.25, 0.3) is 0 Å². The van der Waals surface area contributed by atoms with Crippen molar-refractivity contribution >= 4 is 27.8 Å². The Morgan fingerprint density at radius 2 is 1.66 bits per heavy atom. The summed E-state index contributed by atoms with van der Waals surface area (Å²) in [6.07, 6.45) is 1.79. The van der Waals surface area contributed by atoms with E-state index in [4.69, 9.17) is 10.5 Å². The van der Waals surface area contributed by atoms with Crippen LogP contribution in [0.25, 0.3) is 22.0 Å². The van der Waals surface area contributed by atoms with Crippen LogP contribution in [-0.4, -0.2) is 11.1 Å². The minimum absolute atomic E-state index is 0.0941. The van der Waals surface area contributed by atoms with Crippen LogP contribution >= 0.6 is 0 Å². The Kier molecular flexibility index (Phi) is 5.20. The highest BCUT2D eigenvalue weighted by Gasteiger charge is 2.09. The van der Waals surface area contributed by atoms with Gasteiger partial charge >= 0.3 is 0 Å². The van der Waals surface area contributed by atoms with Gasteiger partial charge < -0.3 is 10.5 Å². The molecule has 0 saturated carbocycles. The fraction of sp³-hybridized carbons (Fsp3) is 0.125. The number of anilines is 1. The highest BCUT2D eigenvalue weighted by Crippen LogP contribution is 2.33. The van der Waals surface area contributed by atoms with Crippen molar-refractivity contribution in [2.75, 3.05) is 5.73 Å². The van der Waals surface area contributed by atoms with Gasteiger partial charge in [-0.2, -0.15) is 0 Å². The maximum atomic E-state index is 6.26. The van der Waals surface area contributed by atoms with Gasteiger partial charge in [0.2, 0.25) is 0 Å². The number of hydrogen-bond acceptors (Lipinski definition) is 5. The first-order valence-corrected chi connectivity index (χ1v) is 9.53. The third kappa shape index (κ3) is 4.09. The van der Waals surface area contributed by atoms with Gasteiger partial charge in [-0.1, -0.05) is 42.5 Å². The molecule has 5 nitrogen and oxygen atoms in total. The lowest BCUT2D eigenvalue weighted by Crippen LogP contribution is -2.06. The normalized spacial score (nSPS) is 11.4. The number of fused-ring (bicyclic) bond motifs is 1. The smallest absolute Gasteiger partial charge is 0.129 e. The molecule has 29 heavy (non-hydrogen) atoms. The molecule has 0 aliphatic rings. The van der Waals surface area contributed by atoms with Gasteiger partial charge in [-0.25, -0.2) is 0 Å². The molecule has 0 bridgehead atoms. The van der Waals surface area contributed by atoms with E-state index in [2.05, 4.69) is 15.2 Å². The van der Waals surface area contributed by atoms with E-state index in [0.29, 0.717) is 17.1 Å². The zero-order valence-corrected chi connectivity index (χ0v) is 16.4. The number of ether oxygens (including phenoxy) is 1. The van der Waals surface area contributed by atoms with E-state index in [9.17, 15) is 0 Å². The minimum Gasteiger partial charge on any atom is -0.490 e. The molecule has 0 fully saturated rings. The van der Waals surface area contributed by atoms with Crippen LogP contribution in [-0.2, 0) is 0 Å². The largest absolute Gasteiger partial charge is 0.490 e. The number of aromatic nitrogens is 1. The molecule has 0 saturated heterocycles. The summed E-state index contributed by atoms with van der Waals surface area (Å²) in [6.45, 7) is 4.01. The first-order chi connectivity index (χ1) is 14.1. The van der Waals surface area contributed by atoms with Crippen molar-refractivity contribution in [1.82, 2.24) is 4.98 Å². The lowest BCUT2D eigenvalue weighted by Gasteiger charge is -2.13. The van der Waals surface area contributed by atoms with Gasteiger partial charge in [-0.05, 0) is 49.6 Å². The number of pyridine rings is 1. The zero-order valence-electron chi connectivity index (χ0n) is 16.4. The number of nitrogens with two attached hydrogens (primary N) is 1. The highest BCUT2D eigenvalue weighted by molar-refractivity contribution is 5.97. The average Bonchev–Trinajstić information content (AvgIpc) is 2.74. The summed E-state index contributed by atoms with van der Waals surface area (Å²) >= 11 is 0. The van der Waals surface area contributed by atoms with E-state index in [0.717, 1.165) is 27.8 Å². The molecule has 1 heterocycles. The first-order valence-electron chi connectivity index (χ1n) is 9.53. The Balaban J connectivity index is 1.59. The molecule has 0 amide bonds. The van der Waals surface area contributed by atoms with E-state index in [1.54, 1.807) is 6.20 Å². The number of benzene rings is 3. The van der Waals surface area contributed by atoms with Gasteiger partial charge in [0.1, 0.15) is 17.1 Å². The van der Waals surface area contributed by atoms with Crippen molar-refractivity contribution in [2.24, 2.45) is 10.2 Å². The maximum absolute atomic E-state index is 6.26. The van der Waals surface area contributed by atoms with E-state index in [1.165, 1.54) is 0 Å². The van der Waals surface area contributed by atoms with Crippen molar-refractivity contribution in [3.8, 4) is 17.0 Å². The monoisotopic (exact) mass is 382 g/mol. The fourth-order valence-electron chi connectivity index (χ4n) is 3.12. The lowest BCUT2D eigenvalue weighted by molar-refractivity contribution is 0.243. The van der Waals surface area contributed by atoms with Gasteiger partial charge in [0, 0.05) is 10.9 Å². The Labute approximate surface area is 169 Å². The van der Waals surface area contributed by atoms with Crippen LogP contribution in [0.15, 0.2) is 89.2 Å². The predicted molar refractivity (Wildman–Crippen MR) is 118 cm³/mol. The SMILES string of the molecule is CC(C)Oc1ccccc1-c1ccc(N=Nc2ccc3ccccc3c2N)cn1. The van der Waals surface area contributed by atoms with E-state index in [-0.39, 0.29) is 6.10 Å². The molecule has 4 rings (SSSR count). The average molecular weight is 382 g/mol. The van der Waals surface area contributed by atoms with Crippen molar-refractivity contribution in [3.05, 3.63) is 79.0 Å². The van der Waals surface area contributed by atoms with Gasteiger partial charge in [-0.3, -0.25) is 4.98 Å². The predicted octanol–water partition coefficient (Wildman–Crippen LogP) is 6.69. The topological polar surface area (TPSA) is 72.9 Å². The van der Waals surface area contributed by atoms with Crippen LogP contribution < -0.4 is 10.5 Å². The molecule has 144 valence electrons. The lowest BCUT2D eigenvalue weighted by atomic mass is 10.1. The second-order valence-corrected chi connectivity index (χ2v) is 6.98. The van der Waals surface area contributed by atoms with Crippen LogP contribution in [0.1, 0.15) is 13.8 Å². The van der Waals surface area contributed by atoms with E-state index < -0.39 is 0 Å². The summed E-state index contributed by atoms with van der Waals surface area (Å²) < 4.78 is 5.89. The van der Waals surface area contributed by atoms with Crippen LogP contribution in [0.5, 0.6) is 5.75 Å². The van der Waals surface area contributed by atoms with Crippen LogP contribution in [0, 0.1) is 0 Å². The zero-order chi connectivity index (χ0) is 20.2. The van der Waals surface area contributed by atoms with Crippen LogP contribution in [0.2, 0.25) is 0 Å². The Hall–Kier alpha value is -3.73. The standard InChI is InChI=1S/C24H22N4O/c1-16(2)29-23-10-6-5-9-20(23)21-14-12-18(15-26-21)27-28-22-13-11-17-7-3-4-8-19(17)24(22)25/h3-16H,25H2,1-2H3. The van der Waals surface area contributed by atoms with Gasteiger partial charge in [0.15, 0.2) is 0 Å². The molecule has 0 unspecified atom stereocenters. The van der Waals surface area contributed by atoms with Crippen molar-refractivity contribution in [1.29, 1.82) is 0 Å². The number of nitrogens with zero attached hydrogens (tertiary/aromatic N) is 3. The van der Waals surface area contributed by atoms with Crippen LogP contribution in [0.4, 0.5) is 17.1 Å². The molecule has 0 radical (unpaired) electrons. The molecule has 2 N–H and O–H groups in total. The molecule has 0 atom stereocenters. The van der Waals surface area contributed by atoms with Crippen molar-refractivity contribution in [3.63, 3.8) is 0 Å². The molecule has 0 aliphatic heterocycles. The number of nitrogen functional groups attached to an aromatic ring is 1. The minimum atomic E-state index is 0.0941. The third-order valence-electron chi connectivity index (χ3n) is 4.49. The summed E-state index contributed by atoms with van der Waals surface area (Å²) in [6, 6.07) is 23.5.